The Morgan fingerprint density at radius 1 is 1.50 bits per heavy atom. The Morgan fingerprint density at radius 3 is 2.79 bits per heavy atom. The number of amides is 1. The van der Waals surface area contributed by atoms with Crippen molar-refractivity contribution in [3.63, 3.8) is 0 Å². The van der Waals surface area contributed by atoms with Gasteiger partial charge in [-0.15, -0.1) is 11.3 Å². The number of rotatable bonds is 3. The number of nitrogens with one attached hydrogen (secondary N) is 1. The molecule has 0 bridgehead atoms. The van der Waals surface area contributed by atoms with E-state index in [1.54, 1.807) is 4.90 Å². The van der Waals surface area contributed by atoms with Crippen molar-refractivity contribution in [3.05, 3.63) is 33.0 Å². The molecule has 1 amide bonds. The van der Waals surface area contributed by atoms with Crippen molar-refractivity contribution in [2.24, 2.45) is 0 Å². The third-order valence-electron chi connectivity index (χ3n) is 3.49. The van der Waals surface area contributed by atoms with Gasteiger partial charge in [-0.3, -0.25) is 14.7 Å². The zero-order valence-electron chi connectivity index (χ0n) is 12.9. The van der Waals surface area contributed by atoms with Crippen molar-refractivity contribution >= 4 is 29.7 Å². The van der Waals surface area contributed by atoms with Crippen molar-refractivity contribution in [2.75, 3.05) is 6.54 Å². The first-order chi connectivity index (χ1) is 11.5. The molecular weight excluding hydrogens is 336 g/mol. The van der Waals surface area contributed by atoms with Crippen LogP contribution in [-0.4, -0.2) is 55.2 Å². The summed E-state index contributed by atoms with van der Waals surface area (Å²) in [6, 6.07) is 0. The molecule has 24 heavy (non-hydrogen) atoms. The van der Waals surface area contributed by atoms with Crippen molar-refractivity contribution in [2.45, 2.75) is 26.3 Å². The lowest BCUT2D eigenvalue weighted by Gasteiger charge is -2.26. The minimum atomic E-state index is -1.04. The normalized spacial score (nSPS) is 12.8. The molecule has 0 unspecified atom stereocenters. The van der Waals surface area contributed by atoms with Gasteiger partial charge in [-0.1, -0.05) is 0 Å². The molecule has 0 aromatic carbocycles. The number of aromatic amines is 1. The second kappa shape index (κ2) is 7.68. The van der Waals surface area contributed by atoms with Gasteiger partial charge in [0.1, 0.15) is 0 Å². The van der Waals surface area contributed by atoms with E-state index in [9.17, 15) is 9.59 Å². The van der Waals surface area contributed by atoms with Crippen LogP contribution in [0.4, 0.5) is 0 Å². The smallest absolute Gasteiger partial charge is 0.356 e. The Hall–Kier alpha value is -2.75. The minimum Gasteiger partial charge on any atom is -0.483 e. The van der Waals surface area contributed by atoms with Gasteiger partial charge in [0.25, 0.3) is 6.47 Å². The molecular formula is C14H16N4O5S. The third kappa shape index (κ3) is 3.96. The fourth-order valence-electron chi connectivity index (χ4n) is 2.46. The SMILES string of the molecule is Cc1nc(CC(=O)N2CCc3c(C(=O)O)n[nH]c3C2)cs1.O=CO. The number of carboxylic acid groups (broad SMARTS) is 2. The summed E-state index contributed by atoms with van der Waals surface area (Å²) < 4.78 is 0. The molecule has 0 saturated heterocycles. The Morgan fingerprint density at radius 2 is 2.21 bits per heavy atom. The third-order valence-corrected chi connectivity index (χ3v) is 4.31. The molecule has 10 heteroatoms. The number of thiazole rings is 1. The molecule has 1 aliphatic rings. The number of hydrogen-bond donors (Lipinski definition) is 3. The van der Waals surface area contributed by atoms with E-state index in [0.29, 0.717) is 30.8 Å². The number of H-pyrrole nitrogens is 1. The van der Waals surface area contributed by atoms with Crippen molar-refractivity contribution in [1.29, 1.82) is 0 Å². The van der Waals surface area contributed by atoms with Crippen molar-refractivity contribution in [1.82, 2.24) is 20.1 Å². The topological polar surface area (TPSA) is 136 Å². The maximum atomic E-state index is 12.3. The number of aryl methyl sites for hydroxylation is 1. The summed E-state index contributed by atoms with van der Waals surface area (Å²) in [5.41, 5.74) is 2.26. The summed E-state index contributed by atoms with van der Waals surface area (Å²) in [7, 11) is 0. The lowest BCUT2D eigenvalue weighted by atomic mass is 10.0. The number of carbonyl (C=O) groups is 3. The van der Waals surface area contributed by atoms with Gasteiger partial charge >= 0.3 is 5.97 Å². The van der Waals surface area contributed by atoms with Crippen LogP contribution in [0.25, 0.3) is 0 Å². The number of fused-ring (bicyclic) bond motifs is 1. The number of hydrogen-bond acceptors (Lipinski definition) is 6. The molecule has 0 aliphatic carbocycles. The number of aromatic carboxylic acids is 1. The summed E-state index contributed by atoms with van der Waals surface area (Å²) in [5, 5.41) is 25.3. The van der Waals surface area contributed by atoms with Crippen LogP contribution < -0.4 is 0 Å². The fraction of sp³-hybridized carbons (Fsp3) is 0.357. The molecule has 0 atom stereocenters. The van der Waals surface area contributed by atoms with Crippen molar-refractivity contribution < 1.29 is 24.6 Å². The molecule has 2 aromatic rings. The van der Waals surface area contributed by atoms with Crippen LogP contribution in [0.15, 0.2) is 5.38 Å². The van der Waals surface area contributed by atoms with Crippen LogP contribution in [-0.2, 0) is 29.0 Å². The zero-order valence-corrected chi connectivity index (χ0v) is 13.7. The summed E-state index contributed by atoms with van der Waals surface area (Å²) >= 11 is 1.52. The summed E-state index contributed by atoms with van der Waals surface area (Å²) in [6.45, 7) is 2.54. The van der Waals surface area contributed by atoms with Gasteiger partial charge in [0.05, 0.1) is 29.4 Å². The molecule has 128 valence electrons. The van der Waals surface area contributed by atoms with Gasteiger partial charge in [-0.2, -0.15) is 5.10 Å². The van der Waals surface area contributed by atoms with Crippen LogP contribution in [0.3, 0.4) is 0 Å². The molecule has 0 fully saturated rings. The van der Waals surface area contributed by atoms with Crippen LogP contribution in [0, 0.1) is 6.92 Å². The van der Waals surface area contributed by atoms with E-state index in [4.69, 9.17) is 15.0 Å². The van der Waals surface area contributed by atoms with Crippen LogP contribution in [0.1, 0.15) is 32.4 Å². The molecule has 3 rings (SSSR count). The van der Waals surface area contributed by atoms with E-state index >= 15 is 0 Å². The van der Waals surface area contributed by atoms with Gasteiger partial charge in [-0.25, -0.2) is 9.78 Å². The van der Waals surface area contributed by atoms with E-state index in [-0.39, 0.29) is 24.5 Å². The second-order valence-corrected chi connectivity index (χ2v) is 6.10. The monoisotopic (exact) mass is 352 g/mol. The summed E-state index contributed by atoms with van der Waals surface area (Å²) in [6.07, 6.45) is 0.787. The first-order valence-corrected chi connectivity index (χ1v) is 7.90. The van der Waals surface area contributed by atoms with Gasteiger partial charge in [0.15, 0.2) is 5.69 Å². The van der Waals surface area contributed by atoms with Gasteiger partial charge < -0.3 is 15.1 Å². The van der Waals surface area contributed by atoms with E-state index < -0.39 is 5.97 Å². The number of carboxylic acids is 1. The van der Waals surface area contributed by atoms with E-state index in [2.05, 4.69) is 15.2 Å². The maximum Gasteiger partial charge on any atom is 0.356 e. The van der Waals surface area contributed by atoms with Crippen LogP contribution in [0.2, 0.25) is 0 Å². The highest BCUT2D eigenvalue weighted by molar-refractivity contribution is 7.09. The lowest BCUT2D eigenvalue weighted by molar-refractivity contribution is -0.131. The highest BCUT2D eigenvalue weighted by atomic mass is 32.1. The molecule has 9 nitrogen and oxygen atoms in total. The average molecular weight is 352 g/mol. The molecule has 1 aliphatic heterocycles. The van der Waals surface area contributed by atoms with Gasteiger partial charge in [0.2, 0.25) is 5.91 Å². The number of nitrogens with zero attached hydrogens (tertiary/aromatic N) is 3. The Bertz CT molecular complexity index is 754. The summed E-state index contributed by atoms with van der Waals surface area (Å²) in [4.78, 5) is 37.7. The first kappa shape index (κ1) is 17.6. The van der Waals surface area contributed by atoms with Gasteiger partial charge in [-0.05, 0) is 13.3 Å². The maximum absolute atomic E-state index is 12.3. The molecule has 2 aromatic heterocycles. The quantitative estimate of drug-likeness (QED) is 0.692. The molecule has 0 radical (unpaired) electrons. The Kier molecular flexibility index (Phi) is 5.64. The zero-order chi connectivity index (χ0) is 17.7. The highest BCUT2D eigenvalue weighted by Gasteiger charge is 2.27. The largest absolute Gasteiger partial charge is 0.483 e. The average Bonchev–Trinajstić information content (AvgIpc) is 3.13. The van der Waals surface area contributed by atoms with Gasteiger partial charge in [0, 0.05) is 17.5 Å². The second-order valence-electron chi connectivity index (χ2n) is 5.04. The van der Waals surface area contributed by atoms with E-state index in [1.807, 2.05) is 12.3 Å². The summed E-state index contributed by atoms with van der Waals surface area (Å²) in [5.74, 6) is -1.04. The van der Waals surface area contributed by atoms with Crippen molar-refractivity contribution in [3.8, 4) is 0 Å². The number of aromatic nitrogens is 3. The minimum absolute atomic E-state index is 0.00238. The molecule has 3 N–H and O–H groups in total. The van der Waals surface area contributed by atoms with E-state index in [1.165, 1.54) is 11.3 Å². The van der Waals surface area contributed by atoms with Crippen LogP contribution >= 0.6 is 11.3 Å². The number of carbonyl (C=O) groups excluding carboxylic acids is 1. The standard InChI is InChI=1S/C13H14N4O3S.CH2O2/c1-7-14-8(6-21-7)4-11(18)17-3-2-9-10(5-17)15-16-12(9)13(19)20;2-1-3/h6H,2-5H2,1H3,(H,15,16)(H,19,20);1H,(H,2,3). The molecule has 0 saturated carbocycles. The van der Waals surface area contributed by atoms with E-state index in [0.717, 1.165) is 10.7 Å². The predicted octanol–water partition coefficient (Wildman–Crippen LogP) is 0.701. The predicted molar refractivity (Wildman–Crippen MR) is 83.9 cm³/mol. The first-order valence-electron chi connectivity index (χ1n) is 7.02. The lowest BCUT2D eigenvalue weighted by Crippen LogP contribution is -2.37. The highest BCUT2D eigenvalue weighted by Crippen LogP contribution is 2.21. The molecule has 3 heterocycles. The Labute approximate surface area is 140 Å². The molecule has 0 spiro atoms. The van der Waals surface area contributed by atoms with Crippen LogP contribution in [0.5, 0.6) is 0 Å². The fourth-order valence-corrected chi connectivity index (χ4v) is 3.08. The Balaban J connectivity index is 0.000000647.